The number of amides is 1. The van der Waals surface area contributed by atoms with Crippen molar-refractivity contribution in [2.24, 2.45) is 0 Å². The molecule has 5 heteroatoms. The summed E-state index contributed by atoms with van der Waals surface area (Å²) in [5.74, 6) is 0.832. The van der Waals surface area contributed by atoms with E-state index in [0.717, 1.165) is 46.9 Å². The molecule has 2 heterocycles. The number of unbranched alkanes of at least 4 members (excludes halogenated alkanes) is 2. The van der Waals surface area contributed by atoms with Crippen LogP contribution in [0.5, 0.6) is 0 Å². The van der Waals surface area contributed by atoms with Crippen LogP contribution in [0.4, 0.5) is 5.82 Å². The molecule has 0 aliphatic heterocycles. The molecule has 0 aliphatic carbocycles. The Labute approximate surface area is 140 Å². The molecule has 1 N–H and O–H groups in total. The maximum atomic E-state index is 12.3. The average Bonchev–Trinajstić information content (AvgIpc) is 3.11. The maximum Gasteiger partial charge on any atom is 0.225 e. The van der Waals surface area contributed by atoms with Gasteiger partial charge < -0.3 is 5.32 Å². The summed E-state index contributed by atoms with van der Waals surface area (Å²) in [5.41, 5.74) is 3.06. The van der Waals surface area contributed by atoms with Crippen LogP contribution in [0.3, 0.4) is 0 Å². The van der Waals surface area contributed by atoms with Crippen LogP contribution in [0.2, 0.25) is 0 Å². The largest absolute Gasteiger partial charge is 0.310 e. The third-order valence-corrected chi connectivity index (χ3v) is 4.68. The Morgan fingerprint density at radius 3 is 2.91 bits per heavy atom. The van der Waals surface area contributed by atoms with Crippen molar-refractivity contribution >= 4 is 28.0 Å². The van der Waals surface area contributed by atoms with E-state index in [4.69, 9.17) is 4.98 Å². The van der Waals surface area contributed by atoms with Gasteiger partial charge in [0.15, 0.2) is 4.96 Å². The lowest BCUT2D eigenvalue weighted by Crippen LogP contribution is -2.13. The summed E-state index contributed by atoms with van der Waals surface area (Å²) in [7, 11) is 0. The van der Waals surface area contributed by atoms with Crippen molar-refractivity contribution in [3.63, 3.8) is 0 Å². The van der Waals surface area contributed by atoms with E-state index in [-0.39, 0.29) is 5.91 Å². The second kappa shape index (κ2) is 6.96. The predicted molar refractivity (Wildman–Crippen MR) is 96.0 cm³/mol. The average molecular weight is 327 g/mol. The fourth-order valence-corrected chi connectivity index (χ4v) is 3.38. The van der Waals surface area contributed by atoms with Crippen molar-refractivity contribution in [2.75, 3.05) is 5.32 Å². The second-order valence-electron chi connectivity index (χ2n) is 5.68. The van der Waals surface area contributed by atoms with E-state index in [9.17, 15) is 4.79 Å². The number of hydrogen-bond acceptors (Lipinski definition) is 3. The summed E-state index contributed by atoms with van der Waals surface area (Å²) in [4.78, 5) is 17.9. The van der Waals surface area contributed by atoms with Gasteiger partial charge in [0.1, 0.15) is 11.5 Å². The van der Waals surface area contributed by atoms with Gasteiger partial charge in [-0.05, 0) is 18.9 Å². The smallest absolute Gasteiger partial charge is 0.225 e. The van der Waals surface area contributed by atoms with Crippen molar-refractivity contribution in [3.05, 3.63) is 41.4 Å². The van der Waals surface area contributed by atoms with Crippen molar-refractivity contribution in [2.45, 2.75) is 39.5 Å². The van der Waals surface area contributed by atoms with E-state index in [1.165, 1.54) is 0 Å². The number of benzene rings is 1. The fourth-order valence-electron chi connectivity index (χ4n) is 2.66. The molecular weight excluding hydrogens is 306 g/mol. The topological polar surface area (TPSA) is 46.4 Å². The number of rotatable bonds is 6. The zero-order valence-electron chi connectivity index (χ0n) is 13.5. The van der Waals surface area contributed by atoms with Gasteiger partial charge in [0.2, 0.25) is 5.91 Å². The number of carbonyl (C=O) groups is 1. The third kappa shape index (κ3) is 3.29. The predicted octanol–water partition coefficient (Wildman–Crippen LogP) is 4.89. The molecular formula is C18H21N3OS. The summed E-state index contributed by atoms with van der Waals surface area (Å²) in [6.45, 7) is 4.20. The first-order valence-electron chi connectivity index (χ1n) is 8.02. The second-order valence-corrected chi connectivity index (χ2v) is 6.56. The summed E-state index contributed by atoms with van der Waals surface area (Å²) in [6, 6.07) is 8.13. The van der Waals surface area contributed by atoms with Gasteiger partial charge in [-0.25, -0.2) is 4.98 Å². The van der Waals surface area contributed by atoms with Crippen molar-refractivity contribution in [1.29, 1.82) is 0 Å². The Morgan fingerprint density at radius 1 is 1.30 bits per heavy atom. The molecule has 0 unspecified atom stereocenters. The van der Waals surface area contributed by atoms with Crippen LogP contribution < -0.4 is 5.32 Å². The minimum atomic E-state index is 0.0567. The van der Waals surface area contributed by atoms with Crippen LogP contribution in [0.25, 0.3) is 16.2 Å². The molecule has 0 saturated carbocycles. The molecule has 0 spiro atoms. The number of hydrogen-bond donors (Lipinski definition) is 1. The molecule has 4 nitrogen and oxygen atoms in total. The Bertz CT molecular complexity index is 819. The highest BCUT2D eigenvalue weighted by molar-refractivity contribution is 7.15. The zero-order valence-corrected chi connectivity index (χ0v) is 14.3. The minimum absolute atomic E-state index is 0.0567. The van der Waals surface area contributed by atoms with Crippen molar-refractivity contribution in [3.8, 4) is 11.3 Å². The summed E-state index contributed by atoms with van der Waals surface area (Å²) in [5, 5.41) is 5.06. The van der Waals surface area contributed by atoms with E-state index >= 15 is 0 Å². The SMILES string of the molecule is CCCCCC(=O)Nc1c(-c2ccccc2C)nc2sccn12. The standard InChI is InChI=1S/C18H21N3OS/c1-3-4-5-10-15(22)19-17-16(14-9-7-6-8-13(14)2)20-18-21(17)11-12-23-18/h6-9,11-12H,3-5,10H2,1-2H3,(H,19,22). The van der Waals surface area contributed by atoms with Crippen LogP contribution in [-0.4, -0.2) is 15.3 Å². The summed E-state index contributed by atoms with van der Waals surface area (Å²) < 4.78 is 1.96. The van der Waals surface area contributed by atoms with Gasteiger partial charge in [0, 0.05) is 23.6 Å². The first-order valence-corrected chi connectivity index (χ1v) is 8.90. The maximum absolute atomic E-state index is 12.3. The number of aromatic nitrogens is 2. The summed E-state index contributed by atoms with van der Waals surface area (Å²) >= 11 is 1.57. The number of nitrogens with zero attached hydrogens (tertiary/aromatic N) is 2. The highest BCUT2D eigenvalue weighted by Crippen LogP contribution is 2.32. The molecule has 23 heavy (non-hydrogen) atoms. The highest BCUT2D eigenvalue weighted by Gasteiger charge is 2.18. The Balaban J connectivity index is 1.95. The number of anilines is 1. The number of aryl methyl sites for hydroxylation is 1. The summed E-state index contributed by atoms with van der Waals surface area (Å²) in [6.07, 6.45) is 5.63. The highest BCUT2D eigenvalue weighted by atomic mass is 32.1. The molecule has 1 aromatic carbocycles. The van der Waals surface area contributed by atoms with Gasteiger partial charge in [-0.3, -0.25) is 9.20 Å². The molecule has 0 bridgehead atoms. The van der Waals surface area contributed by atoms with Gasteiger partial charge in [-0.1, -0.05) is 44.0 Å². The van der Waals surface area contributed by atoms with E-state index < -0.39 is 0 Å². The van der Waals surface area contributed by atoms with Gasteiger partial charge in [-0.2, -0.15) is 0 Å². The Kier molecular flexibility index (Phi) is 4.76. The van der Waals surface area contributed by atoms with Crippen LogP contribution in [0.15, 0.2) is 35.8 Å². The molecule has 1 amide bonds. The van der Waals surface area contributed by atoms with E-state index in [1.807, 2.05) is 28.1 Å². The zero-order chi connectivity index (χ0) is 16.2. The quantitative estimate of drug-likeness (QED) is 0.655. The van der Waals surface area contributed by atoms with Crippen molar-refractivity contribution in [1.82, 2.24) is 9.38 Å². The number of fused-ring (bicyclic) bond motifs is 1. The van der Waals surface area contributed by atoms with Gasteiger partial charge in [0.05, 0.1) is 0 Å². The number of imidazole rings is 1. The van der Waals surface area contributed by atoms with E-state index in [0.29, 0.717) is 6.42 Å². The fraction of sp³-hybridized carbons (Fsp3) is 0.333. The third-order valence-electron chi connectivity index (χ3n) is 3.93. The molecule has 3 rings (SSSR count). The van der Waals surface area contributed by atoms with E-state index in [2.05, 4.69) is 31.3 Å². The van der Waals surface area contributed by atoms with Crippen LogP contribution >= 0.6 is 11.3 Å². The number of thiazole rings is 1. The number of nitrogens with one attached hydrogen (secondary N) is 1. The minimum Gasteiger partial charge on any atom is -0.310 e. The molecule has 0 aliphatic rings. The molecule has 0 saturated heterocycles. The van der Waals surface area contributed by atoms with Gasteiger partial charge in [-0.15, -0.1) is 11.3 Å². The molecule has 2 aromatic heterocycles. The van der Waals surface area contributed by atoms with Gasteiger partial charge in [0.25, 0.3) is 0 Å². The molecule has 0 atom stereocenters. The van der Waals surface area contributed by atoms with Crippen LogP contribution in [0, 0.1) is 6.92 Å². The van der Waals surface area contributed by atoms with Crippen molar-refractivity contribution < 1.29 is 4.79 Å². The molecule has 120 valence electrons. The van der Waals surface area contributed by atoms with Crippen LogP contribution in [0.1, 0.15) is 38.2 Å². The Hall–Kier alpha value is -2.14. The number of carbonyl (C=O) groups excluding carboxylic acids is 1. The first kappa shape index (κ1) is 15.7. The molecule has 0 fully saturated rings. The molecule has 3 aromatic rings. The normalized spacial score (nSPS) is 11.0. The lowest BCUT2D eigenvalue weighted by Gasteiger charge is -2.08. The lowest BCUT2D eigenvalue weighted by molar-refractivity contribution is -0.116. The van der Waals surface area contributed by atoms with Gasteiger partial charge >= 0.3 is 0 Å². The monoisotopic (exact) mass is 327 g/mol. The van der Waals surface area contributed by atoms with E-state index in [1.54, 1.807) is 11.3 Å². The van der Waals surface area contributed by atoms with Crippen LogP contribution in [-0.2, 0) is 4.79 Å². The molecule has 0 radical (unpaired) electrons. The Morgan fingerprint density at radius 2 is 2.13 bits per heavy atom. The first-order chi connectivity index (χ1) is 11.2. The lowest BCUT2D eigenvalue weighted by atomic mass is 10.1.